The summed E-state index contributed by atoms with van der Waals surface area (Å²) in [5.74, 6) is 2.92. The van der Waals surface area contributed by atoms with Gasteiger partial charge in [-0.1, -0.05) is 12.1 Å². The highest BCUT2D eigenvalue weighted by molar-refractivity contribution is 5.54. The molecule has 0 amide bonds. The van der Waals surface area contributed by atoms with E-state index < -0.39 is 0 Å². The SMILES string of the molecule is CC1CC1c1nc(-c2ccc(N)nc2)no1. The van der Waals surface area contributed by atoms with Crippen molar-refractivity contribution in [1.82, 2.24) is 15.1 Å². The molecule has 0 aliphatic heterocycles. The first kappa shape index (κ1) is 9.33. The van der Waals surface area contributed by atoms with Crippen molar-refractivity contribution in [3.05, 3.63) is 24.2 Å². The maximum Gasteiger partial charge on any atom is 0.230 e. The average molecular weight is 216 g/mol. The predicted octanol–water partition coefficient (Wildman–Crippen LogP) is 1.84. The van der Waals surface area contributed by atoms with Crippen molar-refractivity contribution in [3.8, 4) is 11.4 Å². The Bertz CT molecular complexity index is 505. The lowest BCUT2D eigenvalue weighted by atomic mass is 10.2. The van der Waals surface area contributed by atoms with Gasteiger partial charge in [0.25, 0.3) is 0 Å². The Kier molecular flexibility index (Phi) is 1.92. The lowest BCUT2D eigenvalue weighted by molar-refractivity contribution is 0.377. The van der Waals surface area contributed by atoms with Crippen LogP contribution in [0.25, 0.3) is 11.4 Å². The number of nitrogens with zero attached hydrogens (tertiary/aromatic N) is 3. The van der Waals surface area contributed by atoms with Crippen LogP contribution < -0.4 is 5.73 Å². The summed E-state index contributed by atoms with van der Waals surface area (Å²) in [4.78, 5) is 8.36. The van der Waals surface area contributed by atoms with Gasteiger partial charge in [-0.3, -0.25) is 0 Å². The molecule has 2 aromatic rings. The maximum absolute atomic E-state index is 5.51. The summed E-state index contributed by atoms with van der Waals surface area (Å²) in [7, 11) is 0. The van der Waals surface area contributed by atoms with Crippen LogP contribution in [0.3, 0.4) is 0 Å². The number of hydrogen-bond donors (Lipinski definition) is 1. The van der Waals surface area contributed by atoms with E-state index in [0.29, 0.717) is 23.5 Å². The fraction of sp³-hybridized carbons (Fsp3) is 0.364. The van der Waals surface area contributed by atoms with Gasteiger partial charge in [-0.05, 0) is 24.5 Å². The van der Waals surface area contributed by atoms with Crippen LogP contribution in [0, 0.1) is 5.92 Å². The standard InChI is InChI=1S/C11H12N4O/c1-6-4-8(6)11-14-10(15-16-11)7-2-3-9(12)13-5-7/h2-3,5-6,8H,4H2,1H3,(H2,12,13). The number of rotatable bonds is 2. The summed E-state index contributed by atoms with van der Waals surface area (Å²) in [6.45, 7) is 2.18. The lowest BCUT2D eigenvalue weighted by Gasteiger charge is -1.93. The van der Waals surface area contributed by atoms with Crippen LogP contribution >= 0.6 is 0 Å². The van der Waals surface area contributed by atoms with E-state index in [0.717, 1.165) is 17.9 Å². The summed E-state index contributed by atoms with van der Waals surface area (Å²) in [6, 6.07) is 3.57. The zero-order chi connectivity index (χ0) is 11.1. The smallest absolute Gasteiger partial charge is 0.230 e. The minimum Gasteiger partial charge on any atom is -0.384 e. The number of anilines is 1. The molecule has 82 valence electrons. The molecular formula is C11H12N4O. The summed E-state index contributed by atoms with van der Waals surface area (Å²) >= 11 is 0. The molecule has 0 saturated heterocycles. The fourth-order valence-corrected chi connectivity index (χ4v) is 1.71. The molecule has 0 aromatic carbocycles. The Morgan fingerprint density at radius 3 is 2.88 bits per heavy atom. The first-order valence-electron chi connectivity index (χ1n) is 5.29. The quantitative estimate of drug-likeness (QED) is 0.828. The van der Waals surface area contributed by atoms with E-state index in [4.69, 9.17) is 10.3 Å². The zero-order valence-electron chi connectivity index (χ0n) is 8.92. The van der Waals surface area contributed by atoms with E-state index in [1.807, 2.05) is 6.07 Å². The van der Waals surface area contributed by atoms with Crippen molar-refractivity contribution in [1.29, 1.82) is 0 Å². The largest absolute Gasteiger partial charge is 0.384 e. The molecule has 2 heterocycles. The van der Waals surface area contributed by atoms with Crippen LogP contribution in [0.5, 0.6) is 0 Å². The highest BCUT2D eigenvalue weighted by Gasteiger charge is 2.38. The number of hydrogen-bond acceptors (Lipinski definition) is 5. The van der Waals surface area contributed by atoms with Crippen molar-refractivity contribution in [2.75, 3.05) is 5.73 Å². The second-order valence-corrected chi connectivity index (χ2v) is 4.25. The third-order valence-electron chi connectivity index (χ3n) is 2.91. The summed E-state index contributed by atoms with van der Waals surface area (Å²) < 4.78 is 5.22. The predicted molar refractivity (Wildman–Crippen MR) is 58.5 cm³/mol. The van der Waals surface area contributed by atoms with Gasteiger partial charge >= 0.3 is 0 Å². The van der Waals surface area contributed by atoms with E-state index in [2.05, 4.69) is 22.0 Å². The first-order chi connectivity index (χ1) is 7.74. The number of aromatic nitrogens is 3. The van der Waals surface area contributed by atoms with Gasteiger partial charge in [-0.15, -0.1) is 0 Å². The van der Waals surface area contributed by atoms with Crippen LogP contribution in [-0.2, 0) is 0 Å². The molecular weight excluding hydrogens is 204 g/mol. The molecule has 2 aromatic heterocycles. The van der Waals surface area contributed by atoms with Crippen LogP contribution in [0.1, 0.15) is 25.2 Å². The van der Waals surface area contributed by atoms with Crippen LogP contribution in [0.4, 0.5) is 5.82 Å². The van der Waals surface area contributed by atoms with E-state index in [1.165, 1.54) is 0 Å². The van der Waals surface area contributed by atoms with Gasteiger partial charge in [-0.25, -0.2) is 4.98 Å². The van der Waals surface area contributed by atoms with Gasteiger partial charge in [-0.2, -0.15) is 4.98 Å². The molecule has 1 fully saturated rings. The van der Waals surface area contributed by atoms with Crippen LogP contribution in [-0.4, -0.2) is 15.1 Å². The van der Waals surface area contributed by atoms with Gasteiger partial charge in [0.15, 0.2) is 0 Å². The van der Waals surface area contributed by atoms with Crippen LogP contribution in [0.15, 0.2) is 22.9 Å². The molecule has 16 heavy (non-hydrogen) atoms. The van der Waals surface area contributed by atoms with E-state index >= 15 is 0 Å². The van der Waals surface area contributed by atoms with Crippen molar-refractivity contribution < 1.29 is 4.52 Å². The average Bonchev–Trinajstić information content (AvgIpc) is 2.82. The minimum absolute atomic E-state index is 0.447. The van der Waals surface area contributed by atoms with Crippen molar-refractivity contribution >= 4 is 5.82 Å². The Balaban J connectivity index is 1.89. The molecule has 3 rings (SSSR count). The second-order valence-electron chi connectivity index (χ2n) is 4.25. The molecule has 1 aliphatic rings. The Morgan fingerprint density at radius 1 is 1.44 bits per heavy atom. The number of nitrogens with two attached hydrogens (primary N) is 1. The van der Waals surface area contributed by atoms with Gasteiger partial charge in [0, 0.05) is 17.7 Å². The van der Waals surface area contributed by atoms with Crippen molar-refractivity contribution in [2.45, 2.75) is 19.3 Å². The lowest BCUT2D eigenvalue weighted by Crippen LogP contribution is -1.90. The molecule has 1 aliphatic carbocycles. The molecule has 2 unspecified atom stereocenters. The second kappa shape index (κ2) is 3.30. The van der Waals surface area contributed by atoms with Gasteiger partial charge < -0.3 is 10.3 Å². The molecule has 5 heteroatoms. The highest BCUT2D eigenvalue weighted by atomic mass is 16.5. The zero-order valence-corrected chi connectivity index (χ0v) is 8.92. The fourth-order valence-electron chi connectivity index (χ4n) is 1.71. The van der Waals surface area contributed by atoms with Crippen molar-refractivity contribution in [2.24, 2.45) is 5.92 Å². The molecule has 0 bridgehead atoms. The van der Waals surface area contributed by atoms with Crippen LogP contribution in [0.2, 0.25) is 0 Å². The Morgan fingerprint density at radius 2 is 2.25 bits per heavy atom. The van der Waals surface area contributed by atoms with Gasteiger partial charge in [0.05, 0.1) is 0 Å². The van der Waals surface area contributed by atoms with Crippen molar-refractivity contribution in [3.63, 3.8) is 0 Å². The van der Waals surface area contributed by atoms with Gasteiger partial charge in [0.2, 0.25) is 11.7 Å². The number of pyridine rings is 1. The monoisotopic (exact) mass is 216 g/mol. The third kappa shape index (κ3) is 1.54. The summed E-state index contributed by atoms with van der Waals surface area (Å²) in [6.07, 6.45) is 2.79. The Hall–Kier alpha value is -1.91. The molecule has 2 N–H and O–H groups in total. The molecule has 0 radical (unpaired) electrons. The summed E-state index contributed by atoms with van der Waals surface area (Å²) in [5, 5.41) is 3.94. The topological polar surface area (TPSA) is 77.8 Å². The third-order valence-corrected chi connectivity index (χ3v) is 2.91. The Labute approximate surface area is 92.7 Å². The maximum atomic E-state index is 5.51. The normalized spacial score (nSPS) is 23.3. The highest BCUT2D eigenvalue weighted by Crippen LogP contribution is 2.46. The molecule has 2 atom stereocenters. The first-order valence-corrected chi connectivity index (χ1v) is 5.29. The van der Waals surface area contributed by atoms with E-state index in [9.17, 15) is 0 Å². The molecule has 1 saturated carbocycles. The number of nitrogen functional groups attached to an aromatic ring is 1. The minimum atomic E-state index is 0.447. The molecule has 5 nitrogen and oxygen atoms in total. The van der Waals surface area contributed by atoms with E-state index in [1.54, 1.807) is 12.3 Å². The van der Waals surface area contributed by atoms with E-state index in [-0.39, 0.29) is 0 Å². The van der Waals surface area contributed by atoms with Gasteiger partial charge in [0.1, 0.15) is 5.82 Å². The summed E-state index contributed by atoms with van der Waals surface area (Å²) in [5.41, 5.74) is 6.34. The molecule has 0 spiro atoms.